The molecule has 2 heterocycles. The summed E-state index contributed by atoms with van der Waals surface area (Å²) in [6.07, 6.45) is 0. The Kier molecular flexibility index (Phi) is 5.07. The summed E-state index contributed by atoms with van der Waals surface area (Å²) in [6.45, 7) is 3.82. The molecule has 0 aliphatic carbocycles. The zero-order valence-electron chi connectivity index (χ0n) is 25.1. The first kappa shape index (κ1) is 24.8. The van der Waals surface area contributed by atoms with E-state index in [1.54, 1.807) is 0 Å². The zero-order chi connectivity index (χ0) is 29.6. The van der Waals surface area contributed by atoms with E-state index >= 15 is 0 Å². The number of para-hydroxylation sites is 4. The Bertz CT molecular complexity index is 2480. The zero-order valence-corrected chi connectivity index (χ0v) is 25.1. The fourth-order valence-electron chi connectivity index (χ4n) is 8.17. The van der Waals surface area contributed by atoms with Gasteiger partial charge >= 0.3 is 0 Å². The van der Waals surface area contributed by atoms with Crippen molar-refractivity contribution in [3.63, 3.8) is 0 Å². The van der Waals surface area contributed by atoms with E-state index in [2.05, 4.69) is 156 Å². The van der Waals surface area contributed by atoms with E-state index in [1.807, 2.05) is 0 Å². The van der Waals surface area contributed by atoms with Crippen LogP contribution >= 0.6 is 0 Å². The Hall–Kier alpha value is -5.60. The average molecular weight is 575 g/mol. The van der Waals surface area contributed by atoms with Crippen LogP contribution < -0.4 is 0 Å². The van der Waals surface area contributed by atoms with E-state index in [0.717, 1.165) is 13.1 Å². The maximum absolute atomic E-state index is 2.52. The van der Waals surface area contributed by atoms with Gasteiger partial charge in [0.25, 0.3) is 0 Å². The van der Waals surface area contributed by atoms with Crippen molar-refractivity contribution >= 4 is 75.9 Å². The lowest BCUT2D eigenvalue weighted by molar-refractivity contribution is 0.854. The molecule has 8 aromatic carbocycles. The lowest BCUT2D eigenvalue weighted by atomic mass is 9.88. The molecule has 0 saturated heterocycles. The van der Waals surface area contributed by atoms with E-state index in [9.17, 15) is 0 Å². The summed E-state index contributed by atoms with van der Waals surface area (Å²) in [7, 11) is 0. The predicted molar refractivity (Wildman–Crippen MR) is 192 cm³/mol. The fourth-order valence-corrected chi connectivity index (χ4v) is 8.17. The van der Waals surface area contributed by atoms with Gasteiger partial charge in [-0.05, 0) is 80.2 Å². The van der Waals surface area contributed by atoms with E-state index < -0.39 is 0 Å². The molecule has 0 aliphatic rings. The summed E-state index contributed by atoms with van der Waals surface area (Å²) >= 11 is 0. The number of nitrogens with zero attached hydrogens (tertiary/aromatic N) is 2. The van der Waals surface area contributed by atoms with Crippen LogP contribution in [0.4, 0.5) is 0 Å². The van der Waals surface area contributed by atoms with Gasteiger partial charge in [0.05, 0.1) is 0 Å². The number of aromatic nitrogens is 2. The van der Waals surface area contributed by atoms with Crippen LogP contribution in [-0.2, 0) is 13.1 Å². The molecule has 0 N–H and O–H groups in total. The van der Waals surface area contributed by atoms with Gasteiger partial charge in [-0.15, -0.1) is 0 Å². The fraction of sp³-hybridized carbons (Fsp3) is 0.0698. The largest absolute Gasteiger partial charge is 0.336 e. The van der Waals surface area contributed by atoms with E-state index in [0.29, 0.717) is 0 Å². The van der Waals surface area contributed by atoms with Crippen LogP contribution in [0.1, 0.15) is 16.7 Å². The van der Waals surface area contributed by atoms with E-state index in [4.69, 9.17) is 0 Å². The Balaban J connectivity index is 1.28. The summed E-state index contributed by atoms with van der Waals surface area (Å²) in [4.78, 5) is 0. The van der Waals surface area contributed by atoms with Crippen molar-refractivity contribution in [2.24, 2.45) is 0 Å². The Labute approximate surface area is 260 Å². The van der Waals surface area contributed by atoms with Crippen molar-refractivity contribution < 1.29 is 0 Å². The first-order valence-electron chi connectivity index (χ1n) is 15.8. The van der Waals surface area contributed by atoms with Gasteiger partial charge in [0, 0.05) is 56.7 Å². The molecular formula is C43H30N2. The quantitative estimate of drug-likeness (QED) is 0.185. The lowest BCUT2D eigenvalue weighted by Crippen LogP contribution is -2.05. The van der Waals surface area contributed by atoms with Crippen molar-refractivity contribution in [2.45, 2.75) is 20.0 Å². The summed E-state index contributed by atoms with van der Waals surface area (Å²) < 4.78 is 5.04. The highest BCUT2D eigenvalue weighted by Gasteiger charge is 2.19. The van der Waals surface area contributed by atoms with E-state index in [-0.39, 0.29) is 0 Å². The molecule has 10 rings (SSSR count). The molecule has 0 fully saturated rings. The maximum atomic E-state index is 2.52. The maximum Gasteiger partial charge on any atom is 0.0494 e. The van der Waals surface area contributed by atoms with Gasteiger partial charge in [0.2, 0.25) is 0 Å². The van der Waals surface area contributed by atoms with E-state index in [1.165, 1.54) is 92.6 Å². The Morgan fingerprint density at radius 3 is 1.16 bits per heavy atom. The molecule has 0 saturated carbocycles. The standard InChI is InChI=1S/C43H30N2/c1-27-22-28-18-20-32-30(25-44-38-14-6-2-10-34(38)35-11-3-7-15-39(35)44)24-31(33-21-19-29(23-27)42(28)43(32)33)26-45-40-16-8-4-12-36(40)37-13-5-9-17-41(37)45/h2-24H,25-26H2,1H3. The van der Waals surface area contributed by atoms with Crippen LogP contribution in [0, 0.1) is 6.92 Å². The molecule has 0 atom stereocenters. The highest BCUT2D eigenvalue weighted by molar-refractivity contribution is 6.24. The molecule has 0 bridgehead atoms. The van der Waals surface area contributed by atoms with Crippen LogP contribution in [0.25, 0.3) is 75.9 Å². The van der Waals surface area contributed by atoms with Crippen molar-refractivity contribution in [2.75, 3.05) is 0 Å². The Morgan fingerprint density at radius 2 is 0.756 bits per heavy atom. The third-order valence-electron chi connectivity index (χ3n) is 10.0. The van der Waals surface area contributed by atoms with Crippen LogP contribution in [0.15, 0.2) is 140 Å². The monoisotopic (exact) mass is 574 g/mol. The summed E-state index contributed by atoms with van der Waals surface area (Å²) in [5.74, 6) is 0. The molecule has 0 unspecified atom stereocenters. The molecule has 2 heteroatoms. The number of benzene rings is 8. The molecule has 2 nitrogen and oxygen atoms in total. The second-order valence-electron chi connectivity index (χ2n) is 12.6. The van der Waals surface area contributed by atoms with Crippen LogP contribution in [0.3, 0.4) is 0 Å². The first-order valence-corrected chi connectivity index (χ1v) is 15.8. The van der Waals surface area contributed by atoms with Gasteiger partial charge < -0.3 is 9.13 Å². The molecule has 0 aliphatic heterocycles. The summed E-state index contributed by atoms with van der Waals surface area (Å²) in [6, 6.07) is 52.0. The summed E-state index contributed by atoms with van der Waals surface area (Å²) in [5, 5.41) is 13.3. The van der Waals surface area contributed by atoms with Gasteiger partial charge in [0.15, 0.2) is 0 Å². The van der Waals surface area contributed by atoms with Gasteiger partial charge in [-0.1, -0.05) is 115 Å². The lowest BCUT2D eigenvalue weighted by Gasteiger charge is -2.20. The highest BCUT2D eigenvalue weighted by atomic mass is 15.0. The van der Waals surface area contributed by atoms with Crippen molar-refractivity contribution in [3.8, 4) is 0 Å². The molecule has 0 spiro atoms. The smallest absolute Gasteiger partial charge is 0.0494 e. The minimum atomic E-state index is 0.807. The number of rotatable bonds is 4. The number of hydrogen-bond acceptors (Lipinski definition) is 0. The highest BCUT2D eigenvalue weighted by Crippen LogP contribution is 2.41. The van der Waals surface area contributed by atoms with Crippen LogP contribution in [0.5, 0.6) is 0 Å². The molecule has 10 aromatic rings. The van der Waals surface area contributed by atoms with Crippen molar-refractivity contribution in [1.29, 1.82) is 0 Å². The molecule has 45 heavy (non-hydrogen) atoms. The topological polar surface area (TPSA) is 9.86 Å². The van der Waals surface area contributed by atoms with Gasteiger partial charge in [0.1, 0.15) is 0 Å². The number of fused-ring (bicyclic) bond motifs is 6. The second-order valence-corrected chi connectivity index (χ2v) is 12.6. The third-order valence-corrected chi connectivity index (χ3v) is 10.0. The third kappa shape index (κ3) is 3.51. The number of hydrogen-bond donors (Lipinski definition) is 0. The second kappa shape index (κ2) is 9.20. The van der Waals surface area contributed by atoms with Crippen LogP contribution in [0.2, 0.25) is 0 Å². The first-order chi connectivity index (χ1) is 22.2. The molecule has 0 radical (unpaired) electrons. The minimum Gasteiger partial charge on any atom is -0.336 e. The molecular weight excluding hydrogens is 544 g/mol. The average Bonchev–Trinajstić information content (AvgIpc) is 3.57. The molecule has 2 aromatic heterocycles. The van der Waals surface area contributed by atoms with Crippen molar-refractivity contribution in [3.05, 3.63) is 156 Å². The SMILES string of the molecule is Cc1cc2ccc3c(Cn4c5ccccc5c5ccccc54)cc(Cn4c5ccccc5c5ccccc54)c4ccc(c1)c2c34. The predicted octanol–water partition coefficient (Wildman–Crippen LogP) is 11.2. The normalized spacial score (nSPS) is 12.3. The number of aryl methyl sites for hydroxylation is 1. The van der Waals surface area contributed by atoms with Crippen LogP contribution in [-0.4, -0.2) is 9.13 Å². The van der Waals surface area contributed by atoms with Gasteiger partial charge in [-0.2, -0.15) is 0 Å². The van der Waals surface area contributed by atoms with Gasteiger partial charge in [-0.3, -0.25) is 0 Å². The minimum absolute atomic E-state index is 0.807. The molecule has 212 valence electrons. The Morgan fingerprint density at radius 1 is 0.378 bits per heavy atom. The van der Waals surface area contributed by atoms with Gasteiger partial charge in [-0.25, -0.2) is 0 Å². The summed E-state index contributed by atoms with van der Waals surface area (Å²) in [5.41, 5.74) is 9.15. The molecule has 0 amide bonds. The van der Waals surface area contributed by atoms with Crippen molar-refractivity contribution in [1.82, 2.24) is 9.13 Å².